The topological polar surface area (TPSA) is 41.1 Å². The van der Waals surface area contributed by atoms with Crippen molar-refractivity contribution in [2.45, 2.75) is 17.4 Å². The lowest BCUT2D eigenvalue weighted by Gasteiger charge is -2.10. The maximum atomic E-state index is 12.7. The van der Waals surface area contributed by atoms with E-state index in [0.29, 0.717) is 6.54 Å². The summed E-state index contributed by atoms with van der Waals surface area (Å²) in [5.41, 5.74) is 0. The zero-order valence-corrected chi connectivity index (χ0v) is 12.2. The second-order valence-electron chi connectivity index (χ2n) is 4.22. The Labute approximate surface area is 121 Å². The number of thioether (sulfide) groups is 2. The van der Waals surface area contributed by atoms with E-state index in [9.17, 15) is 9.18 Å². The highest BCUT2D eigenvalue weighted by atomic mass is 32.2. The third-order valence-electron chi connectivity index (χ3n) is 2.74. The van der Waals surface area contributed by atoms with Crippen molar-refractivity contribution in [2.75, 3.05) is 23.9 Å². The number of nitrogens with one attached hydrogen (secondary N) is 2. The minimum absolute atomic E-state index is 0.0326. The van der Waals surface area contributed by atoms with E-state index < -0.39 is 0 Å². The second-order valence-corrected chi connectivity index (χ2v) is 6.42. The molecule has 1 aromatic rings. The zero-order chi connectivity index (χ0) is 13.5. The van der Waals surface area contributed by atoms with Gasteiger partial charge >= 0.3 is 0 Å². The largest absolute Gasteiger partial charge is 0.355 e. The van der Waals surface area contributed by atoms with Gasteiger partial charge in [-0.2, -0.15) is 0 Å². The molecule has 0 bridgehead atoms. The molecule has 3 nitrogen and oxygen atoms in total. The lowest BCUT2D eigenvalue weighted by molar-refractivity contribution is -0.122. The van der Waals surface area contributed by atoms with Gasteiger partial charge in [-0.15, -0.1) is 23.5 Å². The van der Waals surface area contributed by atoms with Crippen molar-refractivity contribution >= 4 is 29.4 Å². The summed E-state index contributed by atoms with van der Waals surface area (Å²) in [5.74, 6) is 2.52. The van der Waals surface area contributed by atoms with Crippen LogP contribution in [0.4, 0.5) is 4.39 Å². The van der Waals surface area contributed by atoms with E-state index in [4.69, 9.17) is 0 Å². The highest BCUT2D eigenvalue weighted by Crippen LogP contribution is 2.18. The summed E-state index contributed by atoms with van der Waals surface area (Å²) in [4.78, 5) is 12.7. The van der Waals surface area contributed by atoms with Gasteiger partial charge in [-0.1, -0.05) is 0 Å². The molecule has 1 aliphatic heterocycles. The Morgan fingerprint density at radius 1 is 1.47 bits per heavy atom. The van der Waals surface area contributed by atoms with E-state index in [1.54, 1.807) is 35.7 Å². The molecule has 0 radical (unpaired) electrons. The van der Waals surface area contributed by atoms with Crippen LogP contribution in [0.3, 0.4) is 0 Å². The quantitative estimate of drug-likeness (QED) is 0.623. The van der Waals surface area contributed by atoms with Gasteiger partial charge in [-0.05, 0) is 36.4 Å². The van der Waals surface area contributed by atoms with Crippen LogP contribution in [0.15, 0.2) is 29.2 Å². The van der Waals surface area contributed by atoms with Crippen molar-refractivity contribution in [1.82, 2.24) is 10.6 Å². The number of benzene rings is 1. The van der Waals surface area contributed by atoms with Crippen LogP contribution in [0.2, 0.25) is 0 Å². The number of carbonyl (C=O) groups is 1. The highest BCUT2D eigenvalue weighted by Gasteiger charge is 2.21. The molecule has 2 N–H and O–H groups in total. The summed E-state index contributed by atoms with van der Waals surface area (Å²) in [6, 6.07) is 6.45. The first-order valence-corrected chi connectivity index (χ1v) is 8.37. The predicted octanol–water partition coefficient (Wildman–Crippen LogP) is 2.09. The summed E-state index contributed by atoms with van der Waals surface area (Å²) < 4.78 is 12.7. The molecule has 6 heteroatoms. The zero-order valence-electron chi connectivity index (χ0n) is 10.5. The minimum Gasteiger partial charge on any atom is -0.355 e. The first-order valence-electron chi connectivity index (χ1n) is 6.23. The Morgan fingerprint density at radius 3 is 2.95 bits per heavy atom. The molecule has 1 saturated heterocycles. The first-order chi connectivity index (χ1) is 9.25. The van der Waals surface area contributed by atoms with Gasteiger partial charge in [0.05, 0.1) is 6.04 Å². The summed E-state index contributed by atoms with van der Waals surface area (Å²) in [5, 5.41) is 6.07. The van der Waals surface area contributed by atoms with Crippen LogP contribution >= 0.6 is 23.5 Å². The third-order valence-corrected chi connectivity index (χ3v) is 4.77. The fourth-order valence-corrected chi connectivity index (χ4v) is 3.49. The van der Waals surface area contributed by atoms with Gasteiger partial charge in [0, 0.05) is 23.1 Å². The summed E-state index contributed by atoms with van der Waals surface area (Å²) >= 11 is 3.42. The van der Waals surface area contributed by atoms with Crippen molar-refractivity contribution in [1.29, 1.82) is 0 Å². The summed E-state index contributed by atoms with van der Waals surface area (Å²) in [6.45, 7) is 0.690. The maximum absolute atomic E-state index is 12.7. The van der Waals surface area contributed by atoms with Crippen molar-refractivity contribution in [2.24, 2.45) is 0 Å². The van der Waals surface area contributed by atoms with Gasteiger partial charge in [-0.3, -0.25) is 10.1 Å². The van der Waals surface area contributed by atoms with Gasteiger partial charge in [-0.25, -0.2) is 4.39 Å². The van der Waals surface area contributed by atoms with Gasteiger partial charge in [0.1, 0.15) is 5.82 Å². The van der Waals surface area contributed by atoms with Crippen LogP contribution in [-0.2, 0) is 4.79 Å². The average Bonchev–Trinajstić information content (AvgIpc) is 2.94. The Balaban J connectivity index is 1.56. The van der Waals surface area contributed by atoms with Crippen LogP contribution < -0.4 is 10.6 Å². The van der Waals surface area contributed by atoms with E-state index in [0.717, 1.165) is 28.7 Å². The monoisotopic (exact) mass is 300 g/mol. The number of hydrogen-bond donors (Lipinski definition) is 2. The van der Waals surface area contributed by atoms with Crippen molar-refractivity contribution in [3.8, 4) is 0 Å². The molecule has 0 saturated carbocycles. The van der Waals surface area contributed by atoms with Crippen LogP contribution in [0.5, 0.6) is 0 Å². The van der Waals surface area contributed by atoms with E-state index in [1.807, 2.05) is 0 Å². The molecule has 0 aromatic heterocycles. The molecule has 0 aliphatic carbocycles. The Bertz CT molecular complexity index is 408. The Kier molecular flexibility index (Phi) is 6.00. The third kappa shape index (κ3) is 5.04. The molecular weight excluding hydrogens is 283 g/mol. The van der Waals surface area contributed by atoms with Gasteiger partial charge < -0.3 is 5.32 Å². The molecular formula is C13H17FN2OS2. The molecule has 1 unspecified atom stereocenters. The molecule has 1 aliphatic rings. The number of halogens is 1. The van der Waals surface area contributed by atoms with Gasteiger partial charge in [0.25, 0.3) is 0 Å². The number of carbonyl (C=O) groups excluding carboxylic acids is 1. The molecule has 19 heavy (non-hydrogen) atoms. The van der Waals surface area contributed by atoms with Crippen molar-refractivity contribution < 1.29 is 9.18 Å². The summed E-state index contributed by atoms with van der Waals surface area (Å²) in [6.07, 6.45) is 0.910. The van der Waals surface area contributed by atoms with E-state index in [1.165, 1.54) is 12.1 Å². The molecule has 1 heterocycles. The van der Waals surface area contributed by atoms with E-state index >= 15 is 0 Å². The predicted molar refractivity (Wildman–Crippen MR) is 79.0 cm³/mol. The van der Waals surface area contributed by atoms with Gasteiger partial charge in [0.2, 0.25) is 5.91 Å². The van der Waals surface area contributed by atoms with Crippen LogP contribution in [0, 0.1) is 5.82 Å². The molecule has 1 aromatic carbocycles. The number of rotatable bonds is 6. The smallest absolute Gasteiger partial charge is 0.238 e. The lowest BCUT2D eigenvalue weighted by atomic mass is 10.3. The first kappa shape index (κ1) is 14.7. The fourth-order valence-electron chi connectivity index (χ4n) is 1.69. The van der Waals surface area contributed by atoms with Crippen molar-refractivity contribution in [3.63, 3.8) is 0 Å². The SMILES string of the molecule is O=C(NCCCSc1ccc(F)cc1)C1CSCN1. The summed E-state index contributed by atoms with van der Waals surface area (Å²) in [7, 11) is 0. The minimum atomic E-state index is -0.210. The molecule has 0 spiro atoms. The second kappa shape index (κ2) is 7.77. The number of amides is 1. The maximum Gasteiger partial charge on any atom is 0.238 e. The molecule has 2 rings (SSSR count). The van der Waals surface area contributed by atoms with Crippen LogP contribution in [-0.4, -0.2) is 35.9 Å². The Morgan fingerprint density at radius 2 is 2.26 bits per heavy atom. The van der Waals surface area contributed by atoms with E-state index in [2.05, 4.69) is 10.6 Å². The van der Waals surface area contributed by atoms with Crippen molar-refractivity contribution in [3.05, 3.63) is 30.1 Å². The van der Waals surface area contributed by atoms with Crippen LogP contribution in [0.25, 0.3) is 0 Å². The Hall–Kier alpha value is -0.720. The normalized spacial score (nSPS) is 18.5. The van der Waals surface area contributed by atoms with E-state index in [-0.39, 0.29) is 17.8 Å². The fraction of sp³-hybridized carbons (Fsp3) is 0.462. The standard InChI is InChI=1S/C13H17FN2OS2/c14-10-2-4-11(5-3-10)19-7-1-6-15-13(17)12-8-18-9-16-12/h2-5,12,16H,1,6-9H2,(H,15,17). The lowest BCUT2D eigenvalue weighted by Crippen LogP contribution is -2.42. The highest BCUT2D eigenvalue weighted by molar-refractivity contribution is 7.99. The van der Waals surface area contributed by atoms with Gasteiger partial charge in [0.15, 0.2) is 0 Å². The number of hydrogen-bond acceptors (Lipinski definition) is 4. The average molecular weight is 300 g/mol. The molecule has 1 amide bonds. The van der Waals surface area contributed by atoms with Crippen LogP contribution in [0.1, 0.15) is 6.42 Å². The molecule has 104 valence electrons. The molecule has 1 fully saturated rings. The molecule has 1 atom stereocenters.